The average molecular weight is 402 g/mol. The maximum Gasteiger partial charge on any atom is 0.241 e. The molecule has 0 saturated carbocycles. The van der Waals surface area contributed by atoms with Gasteiger partial charge in [-0.25, -0.2) is 4.99 Å². The number of aliphatic imine (C=N–C) groups is 1. The van der Waals surface area contributed by atoms with Crippen molar-refractivity contribution >= 4 is 41.5 Å². The molecule has 0 aliphatic heterocycles. The van der Waals surface area contributed by atoms with Crippen molar-refractivity contribution in [1.29, 1.82) is 0 Å². The van der Waals surface area contributed by atoms with E-state index in [1.54, 1.807) is 0 Å². The minimum atomic E-state index is -0.118. The number of halogens is 1. The Kier molecular flexibility index (Phi) is 7.49. The van der Waals surface area contributed by atoms with E-state index in [0.29, 0.717) is 6.54 Å². The fraction of sp³-hybridized carbons (Fsp3) is 0.467. The predicted molar refractivity (Wildman–Crippen MR) is 97.3 cm³/mol. The molecule has 0 bridgehead atoms. The Hall–Kier alpha value is -1.31. The van der Waals surface area contributed by atoms with Gasteiger partial charge in [-0.05, 0) is 49.8 Å². The number of carbonyl (C=O) groups excluding carboxylic acids is 1. The smallest absolute Gasteiger partial charge is 0.241 e. The molecule has 1 amide bonds. The van der Waals surface area contributed by atoms with Gasteiger partial charge in [-0.3, -0.25) is 4.79 Å². The minimum absolute atomic E-state index is 0. The number of nitrogens with one attached hydrogen (secondary N) is 2. The summed E-state index contributed by atoms with van der Waals surface area (Å²) in [7, 11) is 0. The lowest BCUT2D eigenvalue weighted by molar-refractivity contribution is -0.119. The molecule has 0 aromatic heterocycles. The van der Waals surface area contributed by atoms with Crippen molar-refractivity contribution in [1.82, 2.24) is 5.32 Å². The summed E-state index contributed by atoms with van der Waals surface area (Å²) in [6, 6.07) is 6.21. The summed E-state index contributed by atoms with van der Waals surface area (Å²) in [5.41, 5.74) is 9.57. The fourth-order valence-electron chi connectivity index (χ4n) is 2.49. The van der Waals surface area contributed by atoms with Crippen LogP contribution >= 0.6 is 24.0 Å². The van der Waals surface area contributed by atoms with Crippen LogP contribution in [-0.2, 0) is 17.6 Å². The van der Waals surface area contributed by atoms with Crippen molar-refractivity contribution in [3.8, 4) is 0 Å². The lowest BCUT2D eigenvalue weighted by Crippen LogP contribution is -2.29. The highest BCUT2D eigenvalue weighted by Gasteiger charge is 2.13. The second kappa shape index (κ2) is 8.86. The summed E-state index contributed by atoms with van der Waals surface area (Å²) in [5.74, 6) is 0.169. The zero-order valence-corrected chi connectivity index (χ0v) is 14.6. The number of hydrogen-bond donors (Lipinski definition) is 3. The van der Waals surface area contributed by atoms with Crippen LogP contribution in [0.1, 0.15) is 30.9 Å². The van der Waals surface area contributed by atoms with Crippen molar-refractivity contribution in [3.63, 3.8) is 0 Å². The predicted octanol–water partition coefficient (Wildman–Crippen LogP) is 2.05. The second-order valence-corrected chi connectivity index (χ2v) is 4.93. The van der Waals surface area contributed by atoms with Crippen LogP contribution < -0.4 is 16.4 Å². The van der Waals surface area contributed by atoms with E-state index >= 15 is 0 Å². The topological polar surface area (TPSA) is 79.5 Å². The molecule has 2 rings (SSSR count). The van der Waals surface area contributed by atoms with Crippen LogP contribution in [0.4, 0.5) is 5.69 Å². The second-order valence-electron chi connectivity index (χ2n) is 4.93. The van der Waals surface area contributed by atoms with Gasteiger partial charge in [0.15, 0.2) is 5.96 Å². The van der Waals surface area contributed by atoms with E-state index in [2.05, 4.69) is 21.7 Å². The molecule has 21 heavy (non-hydrogen) atoms. The van der Waals surface area contributed by atoms with Gasteiger partial charge in [0.2, 0.25) is 5.91 Å². The van der Waals surface area contributed by atoms with Gasteiger partial charge < -0.3 is 16.4 Å². The Morgan fingerprint density at radius 3 is 2.86 bits per heavy atom. The Morgan fingerprint density at radius 2 is 2.10 bits per heavy atom. The molecule has 0 saturated heterocycles. The Balaban J connectivity index is 0.00000220. The molecule has 0 unspecified atom stereocenters. The summed E-state index contributed by atoms with van der Waals surface area (Å²) in [5, 5.41) is 5.80. The molecule has 1 aromatic rings. The van der Waals surface area contributed by atoms with Crippen molar-refractivity contribution in [3.05, 3.63) is 29.3 Å². The van der Waals surface area contributed by atoms with E-state index in [4.69, 9.17) is 5.73 Å². The van der Waals surface area contributed by atoms with Gasteiger partial charge in [-0.15, -0.1) is 24.0 Å². The van der Waals surface area contributed by atoms with E-state index in [1.807, 2.05) is 19.1 Å². The van der Waals surface area contributed by atoms with E-state index in [1.165, 1.54) is 24.0 Å². The minimum Gasteiger partial charge on any atom is -0.370 e. The quantitative estimate of drug-likeness (QED) is 0.410. The summed E-state index contributed by atoms with van der Waals surface area (Å²) in [6.07, 6.45) is 4.65. The summed E-state index contributed by atoms with van der Waals surface area (Å²) >= 11 is 0. The first-order valence-electron chi connectivity index (χ1n) is 7.15. The molecule has 0 heterocycles. The molecule has 1 aliphatic rings. The number of guanidine groups is 1. The zero-order chi connectivity index (χ0) is 14.4. The van der Waals surface area contributed by atoms with Gasteiger partial charge in [-0.1, -0.05) is 12.1 Å². The fourth-order valence-corrected chi connectivity index (χ4v) is 2.49. The van der Waals surface area contributed by atoms with Gasteiger partial charge >= 0.3 is 0 Å². The molecule has 0 radical (unpaired) electrons. The van der Waals surface area contributed by atoms with Crippen LogP contribution in [0.25, 0.3) is 0 Å². The molecular weight excluding hydrogens is 379 g/mol. The van der Waals surface area contributed by atoms with Gasteiger partial charge in [0.05, 0.1) is 0 Å². The van der Waals surface area contributed by atoms with E-state index in [9.17, 15) is 4.79 Å². The molecule has 5 nitrogen and oxygen atoms in total. The van der Waals surface area contributed by atoms with Gasteiger partial charge in [0, 0.05) is 12.2 Å². The monoisotopic (exact) mass is 402 g/mol. The molecule has 0 spiro atoms. The molecule has 1 aromatic carbocycles. The van der Waals surface area contributed by atoms with Gasteiger partial charge in [0.25, 0.3) is 0 Å². The van der Waals surface area contributed by atoms with Crippen LogP contribution in [0, 0.1) is 0 Å². The molecular formula is C15H23IN4O. The maximum absolute atomic E-state index is 11.3. The number of hydrogen-bond acceptors (Lipinski definition) is 2. The average Bonchev–Trinajstić information content (AvgIpc) is 2.46. The number of fused-ring (bicyclic) bond motifs is 1. The standard InChI is InChI=1S/C15H22N4O.HI/c1-2-17-14(20)10-18-15(16)19-13-9-5-7-11-6-3-4-8-12(11)13;/h5,7,9H,2-4,6,8,10H2,1H3,(H,17,20)(H3,16,18,19);1H. The SMILES string of the molecule is CCNC(=O)CN=C(N)Nc1cccc2c1CCCC2.I. The van der Waals surface area contributed by atoms with Crippen molar-refractivity contribution in [2.45, 2.75) is 32.6 Å². The summed E-state index contributed by atoms with van der Waals surface area (Å²) in [6.45, 7) is 2.54. The van der Waals surface area contributed by atoms with Crippen LogP contribution in [0.5, 0.6) is 0 Å². The van der Waals surface area contributed by atoms with E-state index in [0.717, 1.165) is 18.5 Å². The number of aryl methyl sites for hydroxylation is 1. The Morgan fingerprint density at radius 1 is 1.33 bits per heavy atom. The van der Waals surface area contributed by atoms with E-state index in [-0.39, 0.29) is 42.4 Å². The third kappa shape index (κ3) is 5.18. The molecule has 0 atom stereocenters. The number of nitrogens with zero attached hydrogens (tertiary/aromatic N) is 1. The largest absolute Gasteiger partial charge is 0.370 e. The third-order valence-corrected chi connectivity index (χ3v) is 3.43. The maximum atomic E-state index is 11.3. The number of nitrogens with two attached hydrogens (primary N) is 1. The number of rotatable bonds is 4. The van der Waals surface area contributed by atoms with Crippen LogP contribution in [-0.4, -0.2) is 25.0 Å². The van der Waals surface area contributed by atoms with Crippen molar-refractivity contribution in [2.24, 2.45) is 10.7 Å². The first-order valence-corrected chi connectivity index (χ1v) is 7.15. The lowest BCUT2D eigenvalue weighted by Gasteiger charge is -2.19. The molecule has 116 valence electrons. The van der Waals surface area contributed by atoms with Crippen LogP contribution in [0.15, 0.2) is 23.2 Å². The number of anilines is 1. The van der Waals surface area contributed by atoms with Gasteiger partial charge in [-0.2, -0.15) is 0 Å². The van der Waals surface area contributed by atoms with Crippen molar-refractivity contribution in [2.75, 3.05) is 18.4 Å². The highest BCUT2D eigenvalue weighted by molar-refractivity contribution is 14.0. The van der Waals surface area contributed by atoms with Crippen LogP contribution in [0.3, 0.4) is 0 Å². The Bertz CT molecular complexity index is 516. The van der Waals surface area contributed by atoms with Gasteiger partial charge in [0.1, 0.15) is 6.54 Å². The highest BCUT2D eigenvalue weighted by Crippen LogP contribution is 2.27. The zero-order valence-electron chi connectivity index (χ0n) is 12.3. The third-order valence-electron chi connectivity index (χ3n) is 3.43. The van der Waals surface area contributed by atoms with Crippen molar-refractivity contribution < 1.29 is 4.79 Å². The number of carbonyl (C=O) groups is 1. The number of benzene rings is 1. The normalized spacial score (nSPS) is 13.9. The Labute approximate surface area is 142 Å². The highest BCUT2D eigenvalue weighted by atomic mass is 127. The number of amides is 1. The molecule has 6 heteroatoms. The molecule has 4 N–H and O–H groups in total. The van der Waals surface area contributed by atoms with Crippen LogP contribution in [0.2, 0.25) is 0 Å². The summed E-state index contributed by atoms with van der Waals surface area (Å²) < 4.78 is 0. The summed E-state index contributed by atoms with van der Waals surface area (Å²) in [4.78, 5) is 15.4. The first-order chi connectivity index (χ1) is 9.70. The lowest BCUT2D eigenvalue weighted by atomic mass is 9.90. The first kappa shape index (κ1) is 17.7. The van der Waals surface area contributed by atoms with E-state index < -0.39 is 0 Å². The number of likely N-dealkylation sites (N-methyl/N-ethyl adjacent to an activating group) is 1. The molecule has 0 fully saturated rings. The molecule has 1 aliphatic carbocycles.